The monoisotopic (exact) mass is 1090 g/mol. The minimum absolute atomic E-state index is 0.266. The summed E-state index contributed by atoms with van der Waals surface area (Å²) in [7, 11) is 0. The van der Waals surface area contributed by atoms with Gasteiger partial charge >= 0.3 is 11.9 Å². The summed E-state index contributed by atoms with van der Waals surface area (Å²) >= 11 is 0. The van der Waals surface area contributed by atoms with Crippen LogP contribution in [0.1, 0.15) is 114 Å². The molecule has 420 valence electrons. The molecule has 13 nitrogen and oxygen atoms in total. The second-order valence-electron chi connectivity index (χ2n) is 24.4. The van der Waals surface area contributed by atoms with E-state index < -0.39 is 22.0 Å². The van der Waals surface area contributed by atoms with Gasteiger partial charge in [0, 0.05) is 81.9 Å². The first-order valence-corrected chi connectivity index (χ1v) is 28.6. The average Bonchev–Trinajstić information content (AvgIpc) is 4.31. The number of carbonyl (C=O) groups is 2. The fourth-order valence-electron chi connectivity index (χ4n) is 11.8. The van der Waals surface area contributed by atoms with Crippen molar-refractivity contribution in [2.75, 3.05) is 65.7 Å². The Morgan fingerprint density at radius 3 is 1.19 bits per heavy atom. The van der Waals surface area contributed by atoms with Gasteiger partial charge in [0.2, 0.25) is 0 Å². The molecule has 0 aromatic heterocycles. The lowest BCUT2D eigenvalue weighted by molar-refractivity contribution is -0.143. The van der Waals surface area contributed by atoms with Gasteiger partial charge in [-0.3, -0.25) is 19.4 Å². The molecule has 6 aromatic rings. The van der Waals surface area contributed by atoms with E-state index in [4.69, 9.17) is 42.6 Å². The number of benzene rings is 6. The Morgan fingerprint density at radius 2 is 0.802 bits per heavy atom. The van der Waals surface area contributed by atoms with Crippen molar-refractivity contribution in [3.05, 3.63) is 155 Å². The van der Waals surface area contributed by atoms with Gasteiger partial charge in [-0.1, -0.05) is 24.3 Å². The van der Waals surface area contributed by atoms with Gasteiger partial charge in [0.15, 0.2) is 11.2 Å². The molecule has 2 unspecified atom stereocenters. The number of hydrogen-bond acceptors (Lipinski definition) is 13. The second-order valence-corrected chi connectivity index (χ2v) is 24.4. The van der Waals surface area contributed by atoms with E-state index in [1.54, 1.807) is 12.1 Å². The molecule has 2 atom stereocenters. The van der Waals surface area contributed by atoms with Crippen LogP contribution in [0.2, 0.25) is 0 Å². The van der Waals surface area contributed by atoms with Crippen LogP contribution in [-0.2, 0) is 20.8 Å². The molecule has 6 heterocycles. The first kappa shape index (κ1) is 53.9. The van der Waals surface area contributed by atoms with Crippen molar-refractivity contribution in [3.63, 3.8) is 0 Å². The first-order valence-electron chi connectivity index (χ1n) is 28.6. The van der Waals surface area contributed by atoms with Gasteiger partial charge in [-0.05, 0) is 191 Å². The minimum atomic E-state index is -0.991. The molecule has 81 heavy (non-hydrogen) atoms. The molecule has 13 heteroatoms. The summed E-state index contributed by atoms with van der Waals surface area (Å²) in [6.45, 7) is 23.2. The van der Waals surface area contributed by atoms with Gasteiger partial charge in [-0.15, -0.1) is 0 Å². The lowest BCUT2D eigenvalue weighted by Crippen LogP contribution is -2.37. The minimum Gasteiger partial charge on any atom is -0.492 e. The van der Waals surface area contributed by atoms with E-state index in [1.165, 1.54) is 25.7 Å². The van der Waals surface area contributed by atoms with Crippen LogP contribution in [0.25, 0.3) is 22.3 Å². The normalized spacial score (nSPS) is 20.2. The van der Waals surface area contributed by atoms with Crippen LogP contribution >= 0.6 is 0 Å². The highest BCUT2D eigenvalue weighted by Crippen LogP contribution is 2.57. The number of likely N-dealkylation sites (tertiary alicyclic amines) is 2. The Morgan fingerprint density at radius 1 is 0.457 bits per heavy atom. The van der Waals surface area contributed by atoms with Crippen LogP contribution in [0.5, 0.6) is 57.5 Å². The number of fused-ring (bicyclic) bond motifs is 8. The SMILES string of the molecule is CC(C)(C)C(=O)Oc1ccc2c(c1)OC(C)(c1ccc(OCCN3CCCC3)cc1)C1=C2COc2cc(Oc3ccc4c(c3)OCC3=C4C(C)(c4ccc(OCCN5CCCC5)cc4)Oc4cc(OC(=O)C(C)(C)C)ccc43)ccc21. The van der Waals surface area contributed by atoms with E-state index in [0.717, 1.165) is 106 Å². The molecule has 0 spiro atoms. The van der Waals surface area contributed by atoms with E-state index in [9.17, 15) is 9.59 Å². The standard InChI is InChI=1S/C68H72N2O11/c1-65(2,3)63(71)78-49-21-25-51-55-41-75-57-37-47(23-27-53(57)61(55)67(7,80-59(51)39-49)43-13-17-45(18-14-43)73-35-33-69-29-9-10-30-69)77-48-24-28-54-58(38-48)76-42-56-52-26-22-50(79-64(72)66(4,5)6)40-60(52)81-68(8,62(54)56)44-15-19-46(20-16-44)74-36-34-70-31-11-12-32-70/h13-28,37-40H,9-12,29-36,41-42H2,1-8H3. The molecule has 6 aromatic carbocycles. The van der Waals surface area contributed by atoms with E-state index in [0.29, 0.717) is 59.2 Å². The van der Waals surface area contributed by atoms with Gasteiger partial charge in [-0.25, -0.2) is 0 Å². The zero-order valence-electron chi connectivity index (χ0n) is 47.8. The second kappa shape index (κ2) is 21.3. The largest absolute Gasteiger partial charge is 0.492 e. The predicted molar refractivity (Wildman–Crippen MR) is 312 cm³/mol. The molecule has 2 saturated heterocycles. The van der Waals surface area contributed by atoms with Crippen LogP contribution in [0.15, 0.2) is 121 Å². The molecule has 12 rings (SSSR count). The van der Waals surface area contributed by atoms with Crippen LogP contribution < -0.4 is 42.6 Å². The van der Waals surface area contributed by atoms with Gasteiger partial charge in [0.25, 0.3) is 0 Å². The van der Waals surface area contributed by atoms with Crippen molar-refractivity contribution in [1.82, 2.24) is 9.80 Å². The van der Waals surface area contributed by atoms with Crippen LogP contribution in [0.4, 0.5) is 0 Å². The number of hydrogen-bond donors (Lipinski definition) is 0. The Balaban J connectivity index is 0.846. The molecule has 0 saturated carbocycles. The summed E-state index contributed by atoms with van der Waals surface area (Å²) in [5.41, 5.74) is 5.86. The summed E-state index contributed by atoms with van der Waals surface area (Å²) in [5.74, 6) is 5.39. The summed E-state index contributed by atoms with van der Waals surface area (Å²) in [5, 5.41) is 0. The highest BCUT2D eigenvalue weighted by atomic mass is 16.5. The van der Waals surface area contributed by atoms with Crippen molar-refractivity contribution >= 4 is 34.2 Å². The molecule has 2 fully saturated rings. The van der Waals surface area contributed by atoms with Crippen molar-refractivity contribution < 1.29 is 52.2 Å². The third-order valence-corrected chi connectivity index (χ3v) is 16.4. The third-order valence-electron chi connectivity index (χ3n) is 16.4. The molecule has 0 radical (unpaired) electrons. The first-order chi connectivity index (χ1) is 38.9. The van der Waals surface area contributed by atoms with Crippen LogP contribution in [0, 0.1) is 10.8 Å². The highest BCUT2D eigenvalue weighted by Gasteiger charge is 2.46. The van der Waals surface area contributed by atoms with Crippen molar-refractivity contribution in [3.8, 4) is 57.5 Å². The highest BCUT2D eigenvalue weighted by molar-refractivity contribution is 6.02. The molecule has 0 N–H and O–H groups in total. The van der Waals surface area contributed by atoms with E-state index in [2.05, 4.69) is 47.9 Å². The predicted octanol–water partition coefficient (Wildman–Crippen LogP) is 13.6. The fraction of sp³-hybridized carbons (Fsp3) is 0.382. The molecule has 0 bridgehead atoms. The Hall–Kier alpha value is -7.74. The maximum atomic E-state index is 13.0. The molecule has 6 aliphatic heterocycles. The van der Waals surface area contributed by atoms with E-state index in [1.807, 2.05) is 126 Å². The lowest BCUT2D eigenvalue weighted by Gasteiger charge is -2.42. The van der Waals surface area contributed by atoms with Crippen molar-refractivity contribution in [1.29, 1.82) is 0 Å². The van der Waals surface area contributed by atoms with Crippen molar-refractivity contribution in [2.45, 2.75) is 92.3 Å². The molecule has 0 amide bonds. The topological polar surface area (TPSA) is 124 Å². The smallest absolute Gasteiger partial charge is 0.316 e. The van der Waals surface area contributed by atoms with E-state index in [-0.39, 0.29) is 25.2 Å². The van der Waals surface area contributed by atoms with Gasteiger partial charge in [-0.2, -0.15) is 0 Å². The number of ether oxygens (including phenoxy) is 9. The zero-order chi connectivity index (χ0) is 56.3. The van der Waals surface area contributed by atoms with Crippen LogP contribution in [-0.4, -0.2) is 87.4 Å². The molecule has 0 aliphatic carbocycles. The molecule has 6 aliphatic rings. The summed E-state index contributed by atoms with van der Waals surface area (Å²) < 4.78 is 58.5. The summed E-state index contributed by atoms with van der Waals surface area (Å²) in [6.07, 6.45) is 4.96. The average molecular weight is 1090 g/mol. The zero-order valence-corrected chi connectivity index (χ0v) is 47.8. The van der Waals surface area contributed by atoms with Gasteiger partial charge in [0.1, 0.15) is 83.9 Å². The third kappa shape index (κ3) is 10.7. The van der Waals surface area contributed by atoms with Crippen molar-refractivity contribution in [2.24, 2.45) is 10.8 Å². The maximum Gasteiger partial charge on any atom is 0.316 e. The van der Waals surface area contributed by atoms with Crippen LogP contribution in [0.3, 0.4) is 0 Å². The maximum absolute atomic E-state index is 13.0. The number of rotatable bonds is 14. The Bertz CT molecular complexity index is 3240. The van der Waals surface area contributed by atoms with Gasteiger partial charge in [0.05, 0.1) is 10.8 Å². The molecular formula is C68H72N2O11. The molecular weight excluding hydrogens is 1020 g/mol. The number of nitrogens with zero attached hydrogens (tertiary/aromatic N) is 2. The summed E-state index contributed by atoms with van der Waals surface area (Å²) in [6, 6.07) is 39.3. The Kier molecular flexibility index (Phi) is 14.2. The van der Waals surface area contributed by atoms with Gasteiger partial charge < -0.3 is 42.6 Å². The fourth-order valence-corrected chi connectivity index (χ4v) is 11.8. The quantitative estimate of drug-likeness (QED) is 0.0760. The summed E-state index contributed by atoms with van der Waals surface area (Å²) in [4.78, 5) is 30.9. The number of esters is 2. The van der Waals surface area contributed by atoms with E-state index >= 15 is 0 Å². The number of carbonyl (C=O) groups excluding carboxylic acids is 2. The lowest BCUT2D eigenvalue weighted by atomic mass is 9.76. The Labute approximate surface area is 475 Å².